The van der Waals surface area contributed by atoms with Crippen LogP contribution >= 0.6 is 0 Å². The largest absolute Gasteiger partial charge is 0.497 e. The molecule has 4 rings (SSSR count). The second-order valence-corrected chi connectivity index (χ2v) is 6.60. The SMILES string of the molecule is COc1ccc2ccc(OC(=O)c3ccc4cc(C(C)=O)ccc4c3)cc2c1. The molecule has 0 aliphatic carbocycles. The lowest BCUT2D eigenvalue weighted by Crippen LogP contribution is -2.08. The first-order valence-corrected chi connectivity index (χ1v) is 8.88. The van der Waals surface area contributed by atoms with E-state index in [0.29, 0.717) is 16.9 Å². The molecule has 4 heteroatoms. The van der Waals surface area contributed by atoms with Gasteiger partial charge in [-0.3, -0.25) is 4.79 Å². The fraction of sp³-hybridized carbons (Fsp3) is 0.0833. The zero-order chi connectivity index (χ0) is 19.7. The van der Waals surface area contributed by atoms with Crippen LogP contribution in [0.15, 0.2) is 72.8 Å². The normalized spacial score (nSPS) is 10.8. The minimum atomic E-state index is -0.431. The zero-order valence-electron chi connectivity index (χ0n) is 15.6. The molecule has 0 spiro atoms. The highest BCUT2D eigenvalue weighted by Crippen LogP contribution is 2.26. The van der Waals surface area contributed by atoms with Crippen molar-refractivity contribution in [3.05, 3.63) is 83.9 Å². The molecule has 0 saturated heterocycles. The van der Waals surface area contributed by atoms with E-state index >= 15 is 0 Å². The van der Waals surface area contributed by atoms with Crippen LogP contribution in [0.25, 0.3) is 21.5 Å². The molecule has 0 saturated carbocycles. The van der Waals surface area contributed by atoms with Crippen LogP contribution in [-0.4, -0.2) is 18.9 Å². The van der Waals surface area contributed by atoms with E-state index in [1.165, 1.54) is 6.92 Å². The van der Waals surface area contributed by atoms with Crippen molar-refractivity contribution in [2.45, 2.75) is 6.92 Å². The fourth-order valence-corrected chi connectivity index (χ4v) is 3.15. The van der Waals surface area contributed by atoms with E-state index in [1.807, 2.05) is 48.5 Å². The highest BCUT2D eigenvalue weighted by Gasteiger charge is 2.11. The number of ether oxygens (including phenoxy) is 2. The van der Waals surface area contributed by atoms with Gasteiger partial charge < -0.3 is 9.47 Å². The average molecular weight is 370 g/mol. The molecule has 0 radical (unpaired) electrons. The molecule has 4 aromatic rings. The first-order valence-electron chi connectivity index (χ1n) is 8.88. The predicted octanol–water partition coefficient (Wildman–Crippen LogP) is 5.42. The van der Waals surface area contributed by atoms with Crippen LogP contribution in [0.2, 0.25) is 0 Å². The lowest BCUT2D eigenvalue weighted by Gasteiger charge is -2.08. The van der Waals surface area contributed by atoms with Crippen molar-refractivity contribution in [1.82, 2.24) is 0 Å². The van der Waals surface area contributed by atoms with Gasteiger partial charge in [-0.25, -0.2) is 4.79 Å². The summed E-state index contributed by atoms with van der Waals surface area (Å²) in [6, 6.07) is 22.0. The third-order valence-corrected chi connectivity index (χ3v) is 4.71. The van der Waals surface area contributed by atoms with E-state index in [-0.39, 0.29) is 5.78 Å². The van der Waals surface area contributed by atoms with Gasteiger partial charge in [0.05, 0.1) is 12.7 Å². The Morgan fingerprint density at radius 1 is 0.643 bits per heavy atom. The van der Waals surface area contributed by atoms with Gasteiger partial charge in [-0.15, -0.1) is 0 Å². The number of hydrogen-bond acceptors (Lipinski definition) is 4. The van der Waals surface area contributed by atoms with Crippen molar-refractivity contribution in [2.24, 2.45) is 0 Å². The maximum atomic E-state index is 12.6. The van der Waals surface area contributed by atoms with E-state index in [1.54, 1.807) is 31.4 Å². The minimum Gasteiger partial charge on any atom is -0.497 e. The summed E-state index contributed by atoms with van der Waals surface area (Å²) in [5.41, 5.74) is 1.10. The molecule has 0 aliphatic heterocycles. The summed E-state index contributed by atoms with van der Waals surface area (Å²) in [6.45, 7) is 1.53. The molecule has 28 heavy (non-hydrogen) atoms. The van der Waals surface area contributed by atoms with Gasteiger partial charge in [-0.05, 0) is 70.9 Å². The Balaban J connectivity index is 1.61. The predicted molar refractivity (Wildman–Crippen MR) is 109 cm³/mol. The molecule has 0 atom stereocenters. The van der Waals surface area contributed by atoms with Gasteiger partial charge in [0.15, 0.2) is 5.78 Å². The van der Waals surface area contributed by atoms with Crippen LogP contribution in [0.5, 0.6) is 11.5 Å². The van der Waals surface area contributed by atoms with Crippen molar-refractivity contribution in [2.75, 3.05) is 7.11 Å². The maximum absolute atomic E-state index is 12.6. The number of carbonyl (C=O) groups is 2. The molecular formula is C24H18O4. The Kier molecular flexibility index (Phi) is 4.53. The molecular weight excluding hydrogens is 352 g/mol. The Morgan fingerprint density at radius 2 is 1.21 bits per heavy atom. The Labute approximate surface area is 162 Å². The lowest BCUT2D eigenvalue weighted by molar-refractivity contribution is 0.0735. The molecule has 4 nitrogen and oxygen atoms in total. The number of hydrogen-bond donors (Lipinski definition) is 0. The lowest BCUT2D eigenvalue weighted by atomic mass is 10.0. The smallest absolute Gasteiger partial charge is 0.343 e. The van der Waals surface area contributed by atoms with E-state index in [0.717, 1.165) is 27.3 Å². The van der Waals surface area contributed by atoms with Crippen LogP contribution < -0.4 is 9.47 Å². The number of fused-ring (bicyclic) bond motifs is 2. The van der Waals surface area contributed by atoms with Crippen LogP contribution in [0, 0.1) is 0 Å². The van der Waals surface area contributed by atoms with E-state index in [4.69, 9.17) is 9.47 Å². The average Bonchev–Trinajstić information content (AvgIpc) is 2.72. The molecule has 0 aromatic heterocycles. The number of Topliss-reactive ketones (excluding diaryl/α,β-unsaturated/α-hetero) is 1. The standard InChI is InChI=1S/C24H18O4/c1-15(25)17-3-4-19-12-20(6-5-18(19)11-17)24(26)28-23-10-8-16-7-9-22(27-2)13-21(16)14-23/h3-14H,1-2H3. The van der Waals surface area contributed by atoms with Crippen molar-refractivity contribution >= 4 is 33.3 Å². The Morgan fingerprint density at radius 3 is 1.89 bits per heavy atom. The Hall–Kier alpha value is -3.66. The summed E-state index contributed by atoms with van der Waals surface area (Å²) in [5, 5.41) is 3.75. The second-order valence-electron chi connectivity index (χ2n) is 6.60. The molecule has 4 aromatic carbocycles. The summed E-state index contributed by atoms with van der Waals surface area (Å²) in [5.74, 6) is 0.798. The van der Waals surface area contributed by atoms with E-state index in [2.05, 4.69) is 0 Å². The van der Waals surface area contributed by atoms with Crippen molar-refractivity contribution in [1.29, 1.82) is 0 Å². The third kappa shape index (κ3) is 3.45. The highest BCUT2D eigenvalue weighted by atomic mass is 16.5. The zero-order valence-corrected chi connectivity index (χ0v) is 15.6. The van der Waals surface area contributed by atoms with Crippen LogP contribution in [0.3, 0.4) is 0 Å². The topological polar surface area (TPSA) is 52.6 Å². The van der Waals surface area contributed by atoms with Gasteiger partial charge in [0.1, 0.15) is 11.5 Å². The fourth-order valence-electron chi connectivity index (χ4n) is 3.15. The first-order chi connectivity index (χ1) is 13.5. The van der Waals surface area contributed by atoms with Gasteiger partial charge >= 0.3 is 5.97 Å². The number of methoxy groups -OCH3 is 1. The molecule has 0 fully saturated rings. The van der Waals surface area contributed by atoms with Crippen molar-refractivity contribution in [3.8, 4) is 11.5 Å². The summed E-state index contributed by atoms with van der Waals surface area (Å²) >= 11 is 0. The van der Waals surface area contributed by atoms with Crippen LogP contribution in [0.4, 0.5) is 0 Å². The molecule has 0 aliphatic rings. The number of rotatable bonds is 4. The summed E-state index contributed by atoms with van der Waals surface area (Å²) in [4.78, 5) is 24.1. The summed E-state index contributed by atoms with van der Waals surface area (Å²) < 4.78 is 10.8. The molecule has 138 valence electrons. The van der Waals surface area contributed by atoms with Gasteiger partial charge in [0.2, 0.25) is 0 Å². The molecule has 0 heterocycles. The molecule has 0 bridgehead atoms. The quantitative estimate of drug-likeness (QED) is 0.273. The summed E-state index contributed by atoms with van der Waals surface area (Å²) in [7, 11) is 1.62. The number of benzene rings is 4. The molecule has 0 N–H and O–H groups in total. The number of carbonyl (C=O) groups excluding carboxylic acids is 2. The van der Waals surface area contributed by atoms with Gasteiger partial charge in [-0.2, -0.15) is 0 Å². The first kappa shape index (κ1) is 17.7. The third-order valence-electron chi connectivity index (χ3n) is 4.71. The Bertz CT molecular complexity index is 1220. The monoisotopic (exact) mass is 370 g/mol. The van der Waals surface area contributed by atoms with Crippen molar-refractivity contribution < 1.29 is 19.1 Å². The van der Waals surface area contributed by atoms with Gasteiger partial charge in [-0.1, -0.05) is 30.3 Å². The van der Waals surface area contributed by atoms with Crippen LogP contribution in [-0.2, 0) is 0 Å². The van der Waals surface area contributed by atoms with Gasteiger partial charge in [0, 0.05) is 5.56 Å². The van der Waals surface area contributed by atoms with Crippen LogP contribution in [0.1, 0.15) is 27.6 Å². The molecule has 0 unspecified atom stereocenters. The molecule has 0 amide bonds. The van der Waals surface area contributed by atoms with E-state index in [9.17, 15) is 9.59 Å². The van der Waals surface area contributed by atoms with E-state index < -0.39 is 5.97 Å². The minimum absolute atomic E-state index is 0.0123. The maximum Gasteiger partial charge on any atom is 0.343 e. The highest BCUT2D eigenvalue weighted by molar-refractivity contribution is 6.01. The number of esters is 1. The summed E-state index contributed by atoms with van der Waals surface area (Å²) in [6.07, 6.45) is 0. The second kappa shape index (κ2) is 7.16. The van der Waals surface area contributed by atoms with Gasteiger partial charge in [0.25, 0.3) is 0 Å². The van der Waals surface area contributed by atoms with Crippen molar-refractivity contribution in [3.63, 3.8) is 0 Å². The number of ketones is 1.